The van der Waals surface area contributed by atoms with Crippen LogP contribution in [0.1, 0.15) is 19.4 Å². The minimum absolute atomic E-state index is 0. The first-order valence-electron chi connectivity index (χ1n) is 8.69. The number of pyridine rings is 1. The van der Waals surface area contributed by atoms with Gasteiger partial charge in [-0.15, -0.1) is 24.0 Å². The second-order valence-corrected chi connectivity index (χ2v) is 6.08. The predicted molar refractivity (Wildman–Crippen MR) is 110 cm³/mol. The molecule has 2 rings (SSSR count). The average molecular weight is 501 g/mol. The molecule has 1 aliphatic rings. The van der Waals surface area contributed by atoms with E-state index in [0.717, 1.165) is 5.56 Å². The van der Waals surface area contributed by atoms with Gasteiger partial charge >= 0.3 is 6.18 Å². The highest BCUT2D eigenvalue weighted by molar-refractivity contribution is 14.0. The monoisotopic (exact) mass is 501 g/mol. The molecule has 0 spiro atoms. The quantitative estimate of drug-likeness (QED) is 0.382. The Morgan fingerprint density at radius 3 is 2.56 bits per heavy atom. The zero-order valence-corrected chi connectivity index (χ0v) is 18.1. The van der Waals surface area contributed by atoms with Crippen molar-refractivity contribution in [1.82, 2.24) is 20.1 Å². The predicted octanol–water partition coefficient (Wildman–Crippen LogP) is 2.74. The molecule has 154 valence electrons. The van der Waals surface area contributed by atoms with Crippen molar-refractivity contribution in [1.29, 1.82) is 0 Å². The van der Waals surface area contributed by atoms with Gasteiger partial charge in [-0.25, -0.2) is 4.98 Å². The highest BCUT2D eigenvalue weighted by Crippen LogP contribution is 2.25. The molecule has 2 heterocycles. The number of alkyl halides is 3. The summed E-state index contributed by atoms with van der Waals surface area (Å²) < 4.78 is 43.9. The topological polar surface area (TPSA) is 53.0 Å². The lowest BCUT2D eigenvalue weighted by Crippen LogP contribution is -2.56. The number of halogens is 4. The first-order valence-corrected chi connectivity index (χ1v) is 8.69. The van der Waals surface area contributed by atoms with Crippen LogP contribution >= 0.6 is 24.0 Å². The SMILES string of the molecule is CCOc1cc(CNC(=NC)N2CCN(C(C)C(F)(F)F)CC2)ccn1.I. The molecule has 1 N–H and O–H groups in total. The molecule has 1 unspecified atom stereocenters. The van der Waals surface area contributed by atoms with Crippen LogP contribution in [0.15, 0.2) is 23.3 Å². The van der Waals surface area contributed by atoms with Gasteiger partial charge in [0.15, 0.2) is 5.96 Å². The van der Waals surface area contributed by atoms with Crippen LogP contribution < -0.4 is 10.1 Å². The van der Waals surface area contributed by atoms with Crippen LogP contribution in [-0.2, 0) is 6.54 Å². The van der Waals surface area contributed by atoms with Crippen LogP contribution in [-0.4, -0.2) is 72.8 Å². The fraction of sp³-hybridized carbons (Fsp3) is 0.647. The Morgan fingerprint density at radius 1 is 1.33 bits per heavy atom. The summed E-state index contributed by atoms with van der Waals surface area (Å²) in [5.41, 5.74) is 0.994. The number of rotatable bonds is 5. The minimum Gasteiger partial charge on any atom is -0.478 e. The molecule has 1 saturated heterocycles. The Labute approximate surface area is 175 Å². The molecule has 1 aromatic rings. The maximum atomic E-state index is 12.8. The van der Waals surface area contributed by atoms with Gasteiger partial charge in [-0.2, -0.15) is 13.2 Å². The largest absolute Gasteiger partial charge is 0.478 e. The van der Waals surface area contributed by atoms with Gasteiger partial charge in [-0.1, -0.05) is 0 Å². The number of ether oxygens (including phenoxy) is 1. The lowest BCUT2D eigenvalue weighted by atomic mass is 10.2. The van der Waals surface area contributed by atoms with E-state index in [0.29, 0.717) is 51.2 Å². The molecule has 0 aromatic carbocycles. The number of aliphatic imine (C=N–C) groups is 1. The van der Waals surface area contributed by atoms with Crippen LogP contribution in [0.3, 0.4) is 0 Å². The number of hydrogen-bond donors (Lipinski definition) is 1. The standard InChI is InChI=1S/C17H26F3N5O.HI/c1-4-26-15-11-14(5-6-22-15)12-23-16(21-3)25-9-7-24(8-10-25)13(2)17(18,19)20;/h5-6,11,13H,4,7-10,12H2,1-3H3,(H,21,23);1H. The van der Waals surface area contributed by atoms with Crippen molar-refractivity contribution < 1.29 is 17.9 Å². The van der Waals surface area contributed by atoms with Crippen molar-refractivity contribution >= 4 is 29.9 Å². The first kappa shape index (κ1) is 23.7. The number of aromatic nitrogens is 1. The third-order valence-corrected chi connectivity index (χ3v) is 4.39. The third kappa shape index (κ3) is 6.98. The third-order valence-electron chi connectivity index (χ3n) is 4.39. The van der Waals surface area contributed by atoms with E-state index in [1.54, 1.807) is 13.2 Å². The van der Waals surface area contributed by atoms with Crippen molar-refractivity contribution in [2.45, 2.75) is 32.6 Å². The van der Waals surface area contributed by atoms with E-state index in [1.165, 1.54) is 11.8 Å². The molecule has 1 aromatic heterocycles. The summed E-state index contributed by atoms with van der Waals surface area (Å²) in [7, 11) is 1.67. The van der Waals surface area contributed by atoms with Crippen molar-refractivity contribution in [2.24, 2.45) is 4.99 Å². The molecule has 27 heavy (non-hydrogen) atoms. The lowest BCUT2D eigenvalue weighted by molar-refractivity contribution is -0.181. The second-order valence-electron chi connectivity index (χ2n) is 6.08. The summed E-state index contributed by atoms with van der Waals surface area (Å²) in [4.78, 5) is 11.8. The smallest absolute Gasteiger partial charge is 0.403 e. The lowest BCUT2D eigenvalue weighted by Gasteiger charge is -2.39. The van der Waals surface area contributed by atoms with Gasteiger partial charge in [0.2, 0.25) is 5.88 Å². The molecule has 1 atom stereocenters. The van der Waals surface area contributed by atoms with Crippen LogP contribution in [0.2, 0.25) is 0 Å². The zero-order chi connectivity index (χ0) is 19.2. The summed E-state index contributed by atoms with van der Waals surface area (Å²) in [6.07, 6.45) is -2.51. The van der Waals surface area contributed by atoms with E-state index in [1.807, 2.05) is 24.0 Å². The Morgan fingerprint density at radius 2 is 2.00 bits per heavy atom. The first-order chi connectivity index (χ1) is 12.3. The Bertz CT molecular complexity index is 606. The van der Waals surface area contributed by atoms with Gasteiger partial charge < -0.3 is 15.0 Å². The number of nitrogens with one attached hydrogen (secondary N) is 1. The Balaban J connectivity index is 0.00000364. The van der Waals surface area contributed by atoms with Gasteiger partial charge in [0.1, 0.15) is 6.04 Å². The molecule has 0 radical (unpaired) electrons. The van der Waals surface area contributed by atoms with E-state index in [4.69, 9.17) is 4.74 Å². The summed E-state index contributed by atoms with van der Waals surface area (Å²) in [5.74, 6) is 1.25. The van der Waals surface area contributed by atoms with E-state index in [9.17, 15) is 13.2 Å². The fourth-order valence-corrected chi connectivity index (χ4v) is 2.83. The zero-order valence-electron chi connectivity index (χ0n) is 15.8. The van der Waals surface area contributed by atoms with Crippen LogP contribution in [0, 0.1) is 0 Å². The van der Waals surface area contributed by atoms with E-state index >= 15 is 0 Å². The Kier molecular flexibility index (Phi) is 9.57. The molecule has 0 saturated carbocycles. The molecule has 0 aliphatic carbocycles. The highest BCUT2D eigenvalue weighted by Gasteiger charge is 2.41. The number of hydrogen-bond acceptors (Lipinski definition) is 4. The number of piperazine rings is 1. The molecule has 10 heteroatoms. The normalized spacial score (nSPS) is 17.3. The molecule has 1 fully saturated rings. The van der Waals surface area contributed by atoms with E-state index in [2.05, 4.69) is 15.3 Å². The van der Waals surface area contributed by atoms with E-state index < -0.39 is 12.2 Å². The highest BCUT2D eigenvalue weighted by atomic mass is 127. The van der Waals surface area contributed by atoms with Crippen molar-refractivity contribution in [3.05, 3.63) is 23.9 Å². The van der Waals surface area contributed by atoms with Crippen molar-refractivity contribution in [3.8, 4) is 5.88 Å². The van der Waals surface area contributed by atoms with Gasteiger partial charge in [-0.3, -0.25) is 9.89 Å². The number of guanidine groups is 1. The molecule has 1 aliphatic heterocycles. The maximum absolute atomic E-state index is 12.8. The van der Waals surface area contributed by atoms with Gasteiger partial charge in [-0.05, 0) is 25.5 Å². The van der Waals surface area contributed by atoms with Gasteiger partial charge in [0.05, 0.1) is 6.61 Å². The van der Waals surface area contributed by atoms with E-state index in [-0.39, 0.29) is 24.0 Å². The van der Waals surface area contributed by atoms with Crippen LogP contribution in [0.4, 0.5) is 13.2 Å². The summed E-state index contributed by atoms with van der Waals surface area (Å²) in [5, 5.41) is 3.25. The molecular weight excluding hydrogens is 474 g/mol. The summed E-state index contributed by atoms with van der Waals surface area (Å²) in [6, 6.07) is 2.31. The van der Waals surface area contributed by atoms with Crippen molar-refractivity contribution in [3.63, 3.8) is 0 Å². The Hall–Kier alpha value is -1.30. The molecule has 0 amide bonds. The van der Waals surface area contributed by atoms with Crippen LogP contribution in [0.5, 0.6) is 5.88 Å². The second kappa shape index (κ2) is 10.9. The average Bonchev–Trinajstić information content (AvgIpc) is 2.62. The molecule has 6 nitrogen and oxygen atoms in total. The van der Waals surface area contributed by atoms with Crippen molar-refractivity contribution in [2.75, 3.05) is 39.8 Å². The summed E-state index contributed by atoms with van der Waals surface area (Å²) >= 11 is 0. The molecule has 0 bridgehead atoms. The minimum atomic E-state index is -4.19. The summed E-state index contributed by atoms with van der Waals surface area (Å²) in [6.45, 7) is 5.90. The maximum Gasteiger partial charge on any atom is 0.403 e. The fourth-order valence-electron chi connectivity index (χ4n) is 2.83. The van der Waals surface area contributed by atoms with Gasteiger partial charge in [0.25, 0.3) is 0 Å². The molecular formula is C17H27F3IN5O. The van der Waals surface area contributed by atoms with Crippen LogP contribution in [0.25, 0.3) is 0 Å². The number of nitrogens with zero attached hydrogens (tertiary/aromatic N) is 4. The van der Waals surface area contributed by atoms with Gasteiger partial charge in [0, 0.05) is 52.0 Å².